The third-order valence-corrected chi connectivity index (χ3v) is 4.90. The van der Waals surface area contributed by atoms with Crippen molar-refractivity contribution in [2.75, 3.05) is 5.75 Å². The smallest absolute Gasteiger partial charge is 0.230 e. The number of carbonyl (C=O) groups is 1. The lowest BCUT2D eigenvalue weighted by Crippen LogP contribution is -2.24. The van der Waals surface area contributed by atoms with E-state index in [1.54, 1.807) is 6.26 Å². The van der Waals surface area contributed by atoms with Crippen LogP contribution in [0.2, 0.25) is 0 Å². The largest absolute Gasteiger partial charge is 0.469 e. The summed E-state index contributed by atoms with van der Waals surface area (Å²) in [4.78, 5) is 12.1. The lowest BCUT2D eigenvalue weighted by molar-refractivity contribution is -0.118. The van der Waals surface area contributed by atoms with Crippen LogP contribution in [-0.4, -0.2) is 26.4 Å². The third kappa shape index (κ3) is 4.35. The fourth-order valence-corrected chi connectivity index (χ4v) is 3.41. The molecule has 0 aliphatic rings. The van der Waals surface area contributed by atoms with Crippen molar-refractivity contribution in [1.29, 1.82) is 0 Å². The third-order valence-electron chi connectivity index (χ3n) is 3.93. The van der Waals surface area contributed by atoms with Crippen LogP contribution in [-0.2, 0) is 17.9 Å². The zero-order chi connectivity index (χ0) is 18.4. The molecule has 0 saturated heterocycles. The van der Waals surface area contributed by atoms with Gasteiger partial charge in [0, 0.05) is 13.1 Å². The molecule has 3 aromatic rings. The van der Waals surface area contributed by atoms with Crippen molar-refractivity contribution in [3.63, 3.8) is 0 Å². The van der Waals surface area contributed by atoms with Gasteiger partial charge < -0.3 is 14.3 Å². The van der Waals surface area contributed by atoms with Crippen LogP contribution in [0.25, 0.3) is 11.4 Å². The zero-order valence-electron chi connectivity index (χ0n) is 14.9. The normalized spacial score (nSPS) is 10.8. The number of nitrogens with one attached hydrogen (secondary N) is 1. The van der Waals surface area contributed by atoms with Gasteiger partial charge in [-0.1, -0.05) is 49.0 Å². The molecule has 0 unspecified atom stereocenters. The standard InChI is InChI=1S/C19H22N4O2S/c1-3-10-23-18(16-9-11-25-14(16)2)21-22-19(23)26-13-17(24)20-12-15-7-5-4-6-8-15/h4-9,11H,3,10,12-13H2,1-2H3,(H,20,24). The summed E-state index contributed by atoms with van der Waals surface area (Å²) in [5.41, 5.74) is 2.02. The lowest BCUT2D eigenvalue weighted by Gasteiger charge is -2.08. The van der Waals surface area contributed by atoms with E-state index in [1.807, 2.05) is 47.9 Å². The summed E-state index contributed by atoms with van der Waals surface area (Å²) in [5.74, 6) is 1.88. The number of amides is 1. The summed E-state index contributed by atoms with van der Waals surface area (Å²) in [6, 6.07) is 11.8. The van der Waals surface area contributed by atoms with E-state index in [9.17, 15) is 4.79 Å². The molecular weight excluding hydrogens is 348 g/mol. The summed E-state index contributed by atoms with van der Waals surface area (Å²) in [6.07, 6.45) is 2.61. The maximum absolute atomic E-state index is 12.1. The lowest BCUT2D eigenvalue weighted by atomic mass is 10.2. The molecule has 2 heterocycles. The van der Waals surface area contributed by atoms with Gasteiger partial charge in [0.1, 0.15) is 5.76 Å². The van der Waals surface area contributed by atoms with E-state index in [2.05, 4.69) is 22.4 Å². The Bertz CT molecular complexity index is 858. The molecule has 0 fully saturated rings. The Balaban J connectivity index is 1.63. The van der Waals surface area contributed by atoms with E-state index < -0.39 is 0 Å². The molecule has 0 aliphatic carbocycles. The van der Waals surface area contributed by atoms with Gasteiger partial charge in [0.05, 0.1) is 17.6 Å². The van der Waals surface area contributed by atoms with Crippen LogP contribution in [0.4, 0.5) is 0 Å². The number of benzene rings is 1. The predicted octanol–water partition coefficient (Wildman–Crippen LogP) is 3.67. The number of hydrogen-bond donors (Lipinski definition) is 1. The van der Waals surface area contributed by atoms with Gasteiger partial charge in [0.2, 0.25) is 5.91 Å². The molecule has 0 spiro atoms. The van der Waals surface area contributed by atoms with Crippen LogP contribution in [0.3, 0.4) is 0 Å². The number of nitrogens with zero attached hydrogens (tertiary/aromatic N) is 3. The van der Waals surface area contributed by atoms with E-state index >= 15 is 0 Å². The molecule has 2 aromatic heterocycles. The zero-order valence-corrected chi connectivity index (χ0v) is 15.8. The maximum atomic E-state index is 12.1. The fourth-order valence-electron chi connectivity index (χ4n) is 2.61. The molecule has 0 bridgehead atoms. The average Bonchev–Trinajstić information content (AvgIpc) is 3.25. The SMILES string of the molecule is CCCn1c(SCC(=O)NCc2ccccc2)nnc1-c1ccoc1C. The second-order valence-electron chi connectivity index (χ2n) is 5.90. The first kappa shape index (κ1) is 18.3. The van der Waals surface area contributed by atoms with E-state index in [4.69, 9.17) is 4.42 Å². The Morgan fingerprint density at radius 2 is 2.04 bits per heavy atom. The molecule has 3 rings (SSSR count). The summed E-state index contributed by atoms with van der Waals surface area (Å²) in [7, 11) is 0. The first-order chi connectivity index (χ1) is 12.7. The predicted molar refractivity (Wildman–Crippen MR) is 102 cm³/mol. The average molecular weight is 370 g/mol. The number of hydrogen-bond acceptors (Lipinski definition) is 5. The second kappa shape index (κ2) is 8.71. The van der Waals surface area contributed by atoms with E-state index in [-0.39, 0.29) is 5.91 Å². The van der Waals surface area contributed by atoms with Crippen LogP contribution in [0.5, 0.6) is 0 Å². The van der Waals surface area contributed by atoms with Gasteiger partial charge >= 0.3 is 0 Å². The first-order valence-electron chi connectivity index (χ1n) is 8.60. The minimum atomic E-state index is -0.0223. The van der Waals surface area contributed by atoms with Gasteiger partial charge in [-0.05, 0) is 25.0 Å². The van der Waals surface area contributed by atoms with Crippen molar-refractivity contribution in [2.24, 2.45) is 0 Å². The number of thioether (sulfide) groups is 1. The number of carbonyl (C=O) groups excluding carboxylic acids is 1. The first-order valence-corrected chi connectivity index (χ1v) is 9.58. The summed E-state index contributed by atoms with van der Waals surface area (Å²) >= 11 is 1.40. The fraction of sp³-hybridized carbons (Fsp3) is 0.316. The monoisotopic (exact) mass is 370 g/mol. The van der Waals surface area contributed by atoms with Crippen molar-refractivity contribution in [1.82, 2.24) is 20.1 Å². The van der Waals surface area contributed by atoms with E-state index in [0.717, 1.165) is 40.8 Å². The Morgan fingerprint density at radius 1 is 1.23 bits per heavy atom. The van der Waals surface area contributed by atoms with Crippen molar-refractivity contribution < 1.29 is 9.21 Å². The van der Waals surface area contributed by atoms with Gasteiger partial charge in [0.25, 0.3) is 0 Å². The van der Waals surface area contributed by atoms with Gasteiger partial charge in [-0.25, -0.2) is 0 Å². The molecule has 1 aromatic carbocycles. The van der Waals surface area contributed by atoms with Crippen molar-refractivity contribution in [2.45, 2.75) is 38.5 Å². The number of aryl methyl sites for hydroxylation is 1. The van der Waals surface area contributed by atoms with E-state index in [0.29, 0.717) is 12.3 Å². The highest BCUT2D eigenvalue weighted by molar-refractivity contribution is 7.99. The Kier molecular flexibility index (Phi) is 6.12. The molecule has 0 aliphatic heterocycles. The van der Waals surface area contributed by atoms with Crippen molar-refractivity contribution in [3.8, 4) is 11.4 Å². The van der Waals surface area contributed by atoms with Crippen LogP contribution in [0.1, 0.15) is 24.7 Å². The van der Waals surface area contributed by atoms with Gasteiger partial charge in [0.15, 0.2) is 11.0 Å². The highest BCUT2D eigenvalue weighted by atomic mass is 32.2. The topological polar surface area (TPSA) is 73.0 Å². The van der Waals surface area contributed by atoms with E-state index in [1.165, 1.54) is 11.8 Å². The molecule has 136 valence electrons. The van der Waals surface area contributed by atoms with Crippen LogP contribution in [0.15, 0.2) is 52.2 Å². The summed E-state index contributed by atoms with van der Waals surface area (Å²) < 4.78 is 7.43. The van der Waals surface area contributed by atoms with Crippen LogP contribution < -0.4 is 5.32 Å². The molecule has 0 saturated carbocycles. The molecule has 0 radical (unpaired) electrons. The molecule has 1 amide bonds. The highest BCUT2D eigenvalue weighted by Crippen LogP contribution is 2.27. The minimum absolute atomic E-state index is 0.0223. The summed E-state index contributed by atoms with van der Waals surface area (Å²) in [5, 5.41) is 12.3. The minimum Gasteiger partial charge on any atom is -0.469 e. The Morgan fingerprint density at radius 3 is 2.73 bits per heavy atom. The molecule has 26 heavy (non-hydrogen) atoms. The van der Waals surface area contributed by atoms with Gasteiger partial charge in [-0.3, -0.25) is 4.79 Å². The van der Waals surface area contributed by atoms with Crippen LogP contribution in [0, 0.1) is 6.92 Å². The van der Waals surface area contributed by atoms with Gasteiger partial charge in [-0.15, -0.1) is 10.2 Å². The quantitative estimate of drug-likeness (QED) is 0.613. The molecule has 0 atom stereocenters. The Hall–Kier alpha value is -2.54. The van der Waals surface area contributed by atoms with Gasteiger partial charge in [-0.2, -0.15) is 0 Å². The number of furan rings is 1. The molecule has 7 heteroatoms. The Labute approximate surface area is 157 Å². The van der Waals surface area contributed by atoms with Crippen molar-refractivity contribution in [3.05, 3.63) is 54.0 Å². The number of aromatic nitrogens is 3. The van der Waals surface area contributed by atoms with Crippen molar-refractivity contribution >= 4 is 17.7 Å². The molecule has 6 nitrogen and oxygen atoms in total. The second-order valence-corrected chi connectivity index (χ2v) is 6.84. The number of rotatable bonds is 8. The summed E-state index contributed by atoms with van der Waals surface area (Å²) in [6.45, 7) is 5.33. The molecular formula is C19H22N4O2S. The van der Waals surface area contributed by atoms with Crippen LogP contribution >= 0.6 is 11.8 Å². The molecule has 1 N–H and O–H groups in total. The highest BCUT2D eigenvalue weighted by Gasteiger charge is 2.17. The maximum Gasteiger partial charge on any atom is 0.230 e.